The summed E-state index contributed by atoms with van der Waals surface area (Å²) in [7, 11) is 3.48. The van der Waals surface area contributed by atoms with Crippen LogP contribution in [-0.4, -0.2) is 27.4 Å². The van der Waals surface area contributed by atoms with Crippen molar-refractivity contribution in [2.45, 2.75) is 31.7 Å². The first-order valence-electron chi connectivity index (χ1n) is 6.74. The monoisotopic (exact) mass is 249 g/mol. The molecule has 0 saturated carbocycles. The fourth-order valence-corrected chi connectivity index (χ4v) is 2.62. The Morgan fingerprint density at radius 3 is 3.00 bits per heavy atom. The van der Waals surface area contributed by atoms with E-state index in [1.807, 2.05) is 0 Å². The van der Waals surface area contributed by atoms with Crippen LogP contribution in [0.15, 0.2) is 18.2 Å². The molecule has 0 aliphatic heterocycles. The number of hydrogen-bond acceptors (Lipinski definition) is 3. The summed E-state index contributed by atoms with van der Waals surface area (Å²) in [6, 6.07) is 6.95. The van der Waals surface area contributed by atoms with Gasteiger partial charge in [0.25, 0.3) is 0 Å². The number of rotatable bonds is 6. The molecule has 0 fully saturated rings. The summed E-state index contributed by atoms with van der Waals surface area (Å²) in [6.07, 6.45) is 4.72. The zero-order valence-electron chi connectivity index (χ0n) is 11.4. The lowest BCUT2D eigenvalue weighted by Gasteiger charge is -2.27. The van der Waals surface area contributed by atoms with Crippen LogP contribution in [-0.2, 0) is 11.2 Å². The van der Waals surface area contributed by atoms with Gasteiger partial charge in [-0.05, 0) is 55.5 Å². The van der Waals surface area contributed by atoms with Crippen LogP contribution in [0.2, 0.25) is 0 Å². The van der Waals surface area contributed by atoms with Crippen LogP contribution < -0.4 is 10.1 Å². The highest BCUT2D eigenvalue weighted by Gasteiger charge is 2.19. The van der Waals surface area contributed by atoms with E-state index in [2.05, 4.69) is 23.5 Å². The summed E-state index contributed by atoms with van der Waals surface area (Å²) in [6.45, 7) is 1.85. The quantitative estimate of drug-likeness (QED) is 0.786. The van der Waals surface area contributed by atoms with E-state index in [1.165, 1.54) is 30.4 Å². The molecular formula is C15H23NO2. The summed E-state index contributed by atoms with van der Waals surface area (Å²) >= 11 is 0. The normalized spacial score (nSPS) is 18.4. The smallest absolute Gasteiger partial charge is 0.119 e. The van der Waals surface area contributed by atoms with Gasteiger partial charge in [0.1, 0.15) is 5.75 Å². The number of ether oxygens (including phenoxy) is 2. The molecular weight excluding hydrogens is 226 g/mol. The van der Waals surface area contributed by atoms with Crippen molar-refractivity contribution in [2.75, 3.05) is 27.4 Å². The molecule has 0 bridgehead atoms. The van der Waals surface area contributed by atoms with Crippen molar-refractivity contribution in [1.82, 2.24) is 5.32 Å². The molecule has 1 atom stereocenters. The van der Waals surface area contributed by atoms with Crippen LogP contribution in [0.1, 0.15) is 36.4 Å². The second kappa shape index (κ2) is 6.76. The maximum absolute atomic E-state index is 5.29. The molecule has 100 valence electrons. The van der Waals surface area contributed by atoms with E-state index < -0.39 is 0 Å². The topological polar surface area (TPSA) is 30.5 Å². The van der Waals surface area contributed by atoms with E-state index in [9.17, 15) is 0 Å². The van der Waals surface area contributed by atoms with Crippen molar-refractivity contribution >= 4 is 0 Å². The highest BCUT2D eigenvalue weighted by atomic mass is 16.5. The third-order valence-electron chi connectivity index (χ3n) is 3.58. The molecule has 1 aromatic rings. The molecule has 3 heteroatoms. The first-order valence-corrected chi connectivity index (χ1v) is 6.74. The molecule has 0 heterocycles. The Hall–Kier alpha value is -1.06. The third kappa shape index (κ3) is 3.24. The van der Waals surface area contributed by atoms with Crippen molar-refractivity contribution in [2.24, 2.45) is 0 Å². The average Bonchev–Trinajstić information content (AvgIpc) is 2.43. The Labute approximate surface area is 109 Å². The number of hydrogen-bond donors (Lipinski definition) is 1. The van der Waals surface area contributed by atoms with E-state index >= 15 is 0 Å². The summed E-state index contributed by atoms with van der Waals surface area (Å²) in [4.78, 5) is 0. The number of nitrogens with one attached hydrogen (secondary N) is 1. The minimum absolute atomic E-state index is 0.497. The fraction of sp³-hybridized carbons (Fsp3) is 0.600. The van der Waals surface area contributed by atoms with Crippen molar-refractivity contribution < 1.29 is 9.47 Å². The van der Waals surface area contributed by atoms with E-state index in [0.717, 1.165) is 25.3 Å². The van der Waals surface area contributed by atoms with Crippen LogP contribution in [0.4, 0.5) is 0 Å². The van der Waals surface area contributed by atoms with Gasteiger partial charge in [-0.3, -0.25) is 0 Å². The van der Waals surface area contributed by atoms with E-state index in [-0.39, 0.29) is 0 Å². The second-order valence-corrected chi connectivity index (χ2v) is 4.81. The molecule has 2 rings (SSSR count). The summed E-state index contributed by atoms with van der Waals surface area (Å²) < 4.78 is 10.4. The molecule has 0 radical (unpaired) electrons. The number of methoxy groups -OCH3 is 2. The van der Waals surface area contributed by atoms with E-state index in [4.69, 9.17) is 9.47 Å². The summed E-state index contributed by atoms with van der Waals surface area (Å²) in [5.41, 5.74) is 2.88. The molecule has 1 aromatic carbocycles. The highest BCUT2D eigenvalue weighted by Crippen LogP contribution is 2.31. The zero-order valence-corrected chi connectivity index (χ0v) is 11.4. The predicted molar refractivity (Wildman–Crippen MR) is 73.2 cm³/mol. The maximum atomic E-state index is 5.29. The molecule has 1 unspecified atom stereocenters. The molecule has 0 spiro atoms. The molecule has 18 heavy (non-hydrogen) atoms. The number of aryl methyl sites for hydroxylation is 1. The lowest BCUT2D eigenvalue weighted by atomic mass is 9.87. The van der Waals surface area contributed by atoms with Gasteiger partial charge in [-0.2, -0.15) is 0 Å². The average molecular weight is 249 g/mol. The standard InChI is InChI=1S/C15H23NO2/c1-17-10-4-9-16-15-6-3-5-12-11-13(18-2)7-8-14(12)15/h7-8,11,15-16H,3-6,9-10H2,1-2H3. The van der Waals surface area contributed by atoms with E-state index in [0.29, 0.717) is 6.04 Å². The van der Waals surface area contributed by atoms with Crippen molar-refractivity contribution in [3.8, 4) is 5.75 Å². The van der Waals surface area contributed by atoms with Gasteiger partial charge in [-0.1, -0.05) is 6.07 Å². The lowest BCUT2D eigenvalue weighted by molar-refractivity contribution is 0.192. The Balaban J connectivity index is 1.99. The van der Waals surface area contributed by atoms with Gasteiger partial charge in [-0.15, -0.1) is 0 Å². The molecule has 1 aliphatic carbocycles. The second-order valence-electron chi connectivity index (χ2n) is 4.81. The fourth-order valence-electron chi connectivity index (χ4n) is 2.62. The van der Waals surface area contributed by atoms with Crippen molar-refractivity contribution in [3.05, 3.63) is 29.3 Å². The number of fused-ring (bicyclic) bond motifs is 1. The number of benzene rings is 1. The van der Waals surface area contributed by atoms with Gasteiger partial charge in [0, 0.05) is 19.8 Å². The first kappa shape index (κ1) is 13.4. The Morgan fingerprint density at radius 2 is 2.22 bits per heavy atom. The van der Waals surface area contributed by atoms with E-state index in [1.54, 1.807) is 14.2 Å². The summed E-state index contributed by atoms with van der Waals surface area (Å²) in [5, 5.41) is 3.63. The minimum Gasteiger partial charge on any atom is -0.497 e. The van der Waals surface area contributed by atoms with Crippen LogP contribution in [0, 0.1) is 0 Å². The van der Waals surface area contributed by atoms with Gasteiger partial charge in [0.15, 0.2) is 0 Å². The van der Waals surface area contributed by atoms with Gasteiger partial charge >= 0.3 is 0 Å². The largest absolute Gasteiger partial charge is 0.497 e. The predicted octanol–water partition coefficient (Wildman–Crippen LogP) is 2.70. The SMILES string of the molecule is COCCCNC1CCCc2cc(OC)ccc21. The molecule has 1 aliphatic rings. The molecule has 3 nitrogen and oxygen atoms in total. The Morgan fingerprint density at radius 1 is 1.33 bits per heavy atom. The van der Waals surface area contributed by atoms with Crippen LogP contribution in [0.25, 0.3) is 0 Å². The van der Waals surface area contributed by atoms with Gasteiger partial charge in [-0.25, -0.2) is 0 Å². The first-order chi connectivity index (χ1) is 8.85. The van der Waals surface area contributed by atoms with Crippen LogP contribution in [0.5, 0.6) is 5.75 Å². The third-order valence-corrected chi connectivity index (χ3v) is 3.58. The van der Waals surface area contributed by atoms with Crippen LogP contribution in [0.3, 0.4) is 0 Å². The van der Waals surface area contributed by atoms with Crippen molar-refractivity contribution in [3.63, 3.8) is 0 Å². The molecule has 0 amide bonds. The lowest BCUT2D eigenvalue weighted by Crippen LogP contribution is -2.26. The molecule has 1 N–H and O–H groups in total. The van der Waals surface area contributed by atoms with Crippen LogP contribution >= 0.6 is 0 Å². The summed E-state index contributed by atoms with van der Waals surface area (Å²) in [5.74, 6) is 0.966. The minimum atomic E-state index is 0.497. The zero-order chi connectivity index (χ0) is 12.8. The Kier molecular flexibility index (Phi) is 5.02. The van der Waals surface area contributed by atoms with Gasteiger partial charge in [0.05, 0.1) is 7.11 Å². The Bertz CT molecular complexity index is 379. The van der Waals surface area contributed by atoms with Crippen molar-refractivity contribution in [1.29, 1.82) is 0 Å². The maximum Gasteiger partial charge on any atom is 0.119 e. The van der Waals surface area contributed by atoms with Gasteiger partial charge < -0.3 is 14.8 Å². The van der Waals surface area contributed by atoms with Gasteiger partial charge in [0.2, 0.25) is 0 Å². The molecule has 0 aromatic heterocycles. The molecule has 0 saturated heterocycles. The highest BCUT2D eigenvalue weighted by molar-refractivity contribution is 5.39.